The van der Waals surface area contributed by atoms with E-state index in [0.717, 1.165) is 15.8 Å². The largest absolute Gasteiger partial charge is 0.454 e. The number of hydrogen-bond acceptors (Lipinski definition) is 6. The number of aromatic nitrogens is 2. The molecule has 8 nitrogen and oxygen atoms in total. The van der Waals surface area contributed by atoms with E-state index >= 15 is 0 Å². The van der Waals surface area contributed by atoms with E-state index in [2.05, 4.69) is 10.4 Å². The molecule has 0 aliphatic carbocycles. The van der Waals surface area contributed by atoms with Crippen molar-refractivity contribution in [1.29, 1.82) is 0 Å². The first-order valence-electron chi connectivity index (χ1n) is 9.53. The molecule has 0 saturated carbocycles. The maximum atomic E-state index is 12.3. The Bertz CT molecular complexity index is 1100. The van der Waals surface area contributed by atoms with E-state index in [-0.39, 0.29) is 11.8 Å². The number of carbonyl (C=O) groups is 2. The lowest BCUT2D eigenvalue weighted by atomic mass is 9.98. The molecule has 0 aliphatic rings. The monoisotopic (exact) mass is 409 g/mol. The summed E-state index contributed by atoms with van der Waals surface area (Å²) in [6, 6.07) is 14.6. The van der Waals surface area contributed by atoms with Gasteiger partial charge in [-0.25, -0.2) is 4.79 Å². The third-order valence-electron chi connectivity index (χ3n) is 4.46. The molecule has 1 amide bonds. The summed E-state index contributed by atoms with van der Waals surface area (Å²) >= 11 is 0. The van der Waals surface area contributed by atoms with Crippen LogP contribution >= 0.6 is 0 Å². The average molecular weight is 409 g/mol. The fourth-order valence-electron chi connectivity index (χ4n) is 2.94. The predicted octanol–water partition coefficient (Wildman–Crippen LogP) is 3.12. The van der Waals surface area contributed by atoms with E-state index in [1.165, 1.54) is 0 Å². The van der Waals surface area contributed by atoms with E-state index < -0.39 is 30.8 Å². The third kappa shape index (κ3) is 5.02. The van der Waals surface area contributed by atoms with Gasteiger partial charge in [-0.05, 0) is 36.1 Å². The molecule has 0 aliphatic heterocycles. The molecular weight excluding hydrogens is 386 g/mol. The standard InChI is InChI=1S/C22H23N3O5/c1-14(2)17-11-7-8-15(3)20(17)23-18(26)13-29-19(27)12-25-22(28)30-21(24-25)16-9-5-4-6-10-16/h4-11,14H,12-13H2,1-3H3,(H,23,26). The normalized spacial score (nSPS) is 10.8. The molecule has 0 atom stereocenters. The van der Waals surface area contributed by atoms with Crippen molar-refractivity contribution in [1.82, 2.24) is 9.78 Å². The number of para-hydroxylation sites is 1. The number of nitrogens with zero attached hydrogens (tertiary/aromatic N) is 2. The van der Waals surface area contributed by atoms with E-state index in [0.29, 0.717) is 11.3 Å². The van der Waals surface area contributed by atoms with Crippen LogP contribution in [0.3, 0.4) is 0 Å². The third-order valence-corrected chi connectivity index (χ3v) is 4.46. The van der Waals surface area contributed by atoms with Gasteiger partial charge in [-0.1, -0.05) is 50.2 Å². The Balaban J connectivity index is 1.59. The van der Waals surface area contributed by atoms with Gasteiger partial charge in [0.1, 0.15) is 6.54 Å². The summed E-state index contributed by atoms with van der Waals surface area (Å²) in [4.78, 5) is 36.2. The summed E-state index contributed by atoms with van der Waals surface area (Å²) in [5.41, 5.74) is 3.25. The highest BCUT2D eigenvalue weighted by Gasteiger charge is 2.16. The number of ether oxygens (including phenoxy) is 1. The maximum absolute atomic E-state index is 12.3. The molecular formula is C22H23N3O5. The number of benzene rings is 2. The van der Waals surface area contributed by atoms with Crippen LogP contribution in [-0.4, -0.2) is 28.3 Å². The van der Waals surface area contributed by atoms with E-state index in [1.807, 2.05) is 45.0 Å². The van der Waals surface area contributed by atoms with Gasteiger partial charge >= 0.3 is 11.7 Å². The molecule has 0 spiro atoms. The number of rotatable bonds is 7. The van der Waals surface area contributed by atoms with Crippen LogP contribution in [0.2, 0.25) is 0 Å². The lowest BCUT2D eigenvalue weighted by Crippen LogP contribution is -2.27. The Kier molecular flexibility index (Phi) is 6.46. The Labute approximate surface area is 173 Å². The molecule has 0 radical (unpaired) electrons. The second-order valence-electron chi connectivity index (χ2n) is 7.10. The number of nitrogens with one attached hydrogen (secondary N) is 1. The van der Waals surface area contributed by atoms with Gasteiger partial charge in [0, 0.05) is 11.3 Å². The van der Waals surface area contributed by atoms with E-state index in [1.54, 1.807) is 24.3 Å². The molecule has 156 valence electrons. The molecule has 2 aromatic carbocycles. The van der Waals surface area contributed by atoms with Crippen LogP contribution in [0.15, 0.2) is 57.7 Å². The number of amides is 1. The van der Waals surface area contributed by atoms with Gasteiger partial charge in [0.2, 0.25) is 5.89 Å². The van der Waals surface area contributed by atoms with Crippen LogP contribution in [0.4, 0.5) is 5.69 Å². The molecule has 30 heavy (non-hydrogen) atoms. The quantitative estimate of drug-likeness (QED) is 0.602. The van der Waals surface area contributed by atoms with Crippen molar-refractivity contribution in [2.45, 2.75) is 33.2 Å². The second-order valence-corrected chi connectivity index (χ2v) is 7.10. The summed E-state index contributed by atoms with van der Waals surface area (Å²) in [6.07, 6.45) is 0. The van der Waals surface area contributed by atoms with Gasteiger partial charge in [0.25, 0.3) is 5.91 Å². The minimum Gasteiger partial charge on any atom is -0.454 e. The molecule has 1 N–H and O–H groups in total. The zero-order valence-corrected chi connectivity index (χ0v) is 17.0. The maximum Gasteiger partial charge on any atom is 0.437 e. The topological polar surface area (TPSA) is 103 Å². The summed E-state index contributed by atoms with van der Waals surface area (Å²) in [5, 5.41) is 6.79. The van der Waals surface area contributed by atoms with Crippen LogP contribution in [0.5, 0.6) is 0 Å². The van der Waals surface area contributed by atoms with Crippen LogP contribution in [-0.2, 0) is 20.9 Å². The summed E-state index contributed by atoms with van der Waals surface area (Å²) in [6.45, 7) is 5.04. The lowest BCUT2D eigenvalue weighted by molar-refractivity contribution is -0.148. The molecule has 0 fully saturated rings. The molecule has 0 unspecified atom stereocenters. The zero-order valence-electron chi connectivity index (χ0n) is 17.0. The molecule has 0 bridgehead atoms. The zero-order chi connectivity index (χ0) is 21.7. The fraction of sp³-hybridized carbons (Fsp3) is 0.273. The van der Waals surface area contributed by atoms with Crippen LogP contribution in [0.25, 0.3) is 11.5 Å². The second kappa shape index (κ2) is 9.21. The number of aryl methyl sites for hydroxylation is 1. The highest BCUT2D eigenvalue weighted by molar-refractivity contribution is 5.94. The van der Waals surface area contributed by atoms with E-state index in [9.17, 15) is 14.4 Å². The van der Waals surface area contributed by atoms with Gasteiger partial charge < -0.3 is 14.5 Å². The summed E-state index contributed by atoms with van der Waals surface area (Å²) < 4.78 is 10.9. The summed E-state index contributed by atoms with van der Waals surface area (Å²) in [7, 11) is 0. The molecule has 3 aromatic rings. The van der Waals surface area contributed by atoms with Gasteiger partial charge in [0.05, 0.1) is 0 Å². The Hall–Kier alpha value is -3.68. The first-order valence-corrected chi connectivity index (χ1v) is 9.53. The summed E-state index contributed by atoms with van der Waals surface area (Å²) in [5.74, 6) is -1.68. The first kappa shape index (κ1) is 21.0. The van der Waals surface area contributed by atoms with Crippen molar-refractivity contribution in [3.05, 3.63) is 70.2 Å². The fourth-order valence-corrected chi connectivity index (χ4v) is 2.94. The molecule has 8 heteroatoms. The van der Waals surface area contributed by atoms with E-state index in [4.69, 9.17) is 9.15 Å². The van der Waals surface area contributed by atoms with Crippen molar-refractivity contribution in [2.24, 2.45) is 0 Å². The number of carbonyl (C=O) groups excluding carboxylic acids is 2. The Morgan fingerprint density at radius 2 is 1.87 bits per heavy atom. The Morgan fingerprint density at radius 3 is 2.57 bits per heavy atom. The number of hydrogen-bond donors (Lipinski definition) is 1. The smallest absolute Gasteiger partial charge is 0.437 e. The van der Waals surface area contributed by atoms with Crippen molar-refractivity contribution >= 4 is 17.6 Å². The lowest BCUT2D eigenvalue weighted by Gasteiger charge is -2.16. The van der Waals surface area contributed by atoms with Crippen LogP contribution in [0.1, 0.15) is 30.9 Å². The van der Waals surface area contributed by atoms with Crippen molar-refractivity contribution in [2.75, 3.05) is 11.9 Å². The first-order chi connectivity index (χ1) is 14.3. The highest BCUT2D eigenvalue weighted by atomic mass is 16.5. The predicted molar refractivity (Wildman–Crippen MR) is 111 cm³/mol. The molecule has 1 heterocycles. The highest BCUT2D eigenvalue weighted by Crippen LogP contribution is 2.27. The van der Waals surface area contributed by atoms with Crippen LogP contribution < -0.4 is 11.1 Å². The van der Waals surface area contributed by atoms with Gasteiger partial charge in [-0.15, -0.1) is 5.10 Å². The average Bonchev–Trinajstić information content (AvgIpc) is 3.08. The number of esters is 1. The van der Waals surface area contributed by atoms with Gasteiger partial charge in [-0.3, -0.25) is 9.59 Å². The van der Waals surface area contributed by atoms with Crippen LogP contribution in [0, 0.1) is 6.92 Å². The van der Waals surface area contributed by atoms with Gasteiger partial charge in [-0.2, -0.15) is 4.68 Å². The number of anilines is 1. The van der Waals surface area contributed by atoms with Crippen molar-refractivity contribution < 1.29 is 18.7 Å². The molecule has 0 saturated heterocycles. The van der Waals surface area contributed by atoms with Gasteiger partial charge in [0.15, 0.2) is 6.61 Å². The Morgan fingerprint density at radius 1 is 1.13 bits per heavy atom. The van der Waals surface area contributed by atoms with Crippen molar-refractivity contribution in [3.8, 4) is 11.5 Å². The van der Waals surface area contributed by atoms with Crippen molar-refractivity contribution in [3.63, 3.8) is 0 Å². The SMILES string of the molecule is Cc1cccc(C(C)C)c1NC(=O)COC(=O)Cn1nc(-c2ccccc2)oc1=O. The molecule has 3 rings (SSSR count). The molecule has 1 aromatic heterocycles. The minimum absolute atomic E-state index is 0.104. The minimum atomic E-state index is -0.781.